The van der Waals surface area contributed by atoms with Crippen LogP contribution in [0.2, 0.25) is 5.02 Å². The first-order chi connectivity index (χ1) is 10.2. The van der Waals surface area contributed by atoms with Crippen molar-refractivity contribution in [1.29, 1.82) is 5.26 Å². The van der Waals surface area contributed by atoms with E-state index in [1.807, 2.05) is 24.3 Å². The van der Waals surface area contributed by atoms with Crippen molar-refractivity contribution in [3.8, 4) is 6.07 Å². The quantitative estimate of drug-likeness (QED) is 0.818. The zero-order valence-electron chi connectivity index (χ0n) is 11.3. The molecule has 0 spiro atoms. The van der Waals surface area contributed by atoms with Crippen LogP contribution in [0, 0.1) is 11.3 Å². The van der Waals surface area contributed by atoms with Crippen molar-refractivity contribution in [3.05, 3.63) is 50.6 Å². The van der Waals surface area contributed by atoms with E-state index in [-0.39, 0.29) is 0 Å². The third-order valence-electron chi connectivity index (χ3n) is 3.63. The van der Waals surface area contributed by atoms with Gasteiger partial charge in [-0.2, -0.15) is 5.26 Å². The first-order valence-electron chi connectivity index (χ1n) is 6.83. The molecule has 3 rings (SSSR count). The topological polar surface area (TPSA) is 48.7 Å². The lowest BCUT2D eigenvalue weighted by Crippen LogP contribution is -2.09. The van der Waals surface area contributed by atoms with Gasteiger partial charge in [-0.25, -0.2) is 4.98 Å². The molecule has 1 aromatic heterocycles. The molecule has 0 saturated heterocycles. The van der Waals surface area contributed by atoms with Gasteiger partial charge in [-0.15, -0.1) is 0 Å². The van der Waals surface area contributed by atoms with Gasteiger partial charge in [0.2, 0.25) is 0 Å². The molecule has 0 bridgehead atoms. The number of hydrogen-bond donors (Lipinski definition) is 1. The summed E-state index contributed by atoms with van der Waals surface area (Å²) in [6, 6.07) is 9.76. The minimum Gasteiger partial charge on any atom is -0.338 e. The Labute approximate surface area is 137 Å². The Kier molecular flexibility index (Phi) is 4.14. The molecule has 1 aromatic carbocycles. The average Bonchev–Trinajstić information content (AvgIpc) is 2.51. The Morgan fingerprint density at radius 3 is 2.90 bits per heavy atom. The number of benzene rings is 1. The van der Waals surface area contributed by atoms with Crippen molar-refractivity contribution in [3.63, 3.8) is 0 Å². The maximum absolute atomic E-state index is 9.35. The van der Waals surface area contributed by atoms with Gasteiger partial charge in [0.15, 0.2) is 0 Å². The summed E-state index contributed by atoms with van der Waals surface area (Å²) in [5, 5.41) is 13.2. The number of halogens is 2. The third-order valence-corrected chi connectivity index (χ3v) is 5.02. The van der Waals surface area contributed by atoms with Crippen LogP contribution >= 0.6 is 27.5 Å². The molecule has 106 valence electrons. The van der Waals surface area contributed by atoms with E-state index >= 15 is 0 Å². The van der Waals surface area contributed by atoms with E-state index < -0.39 is 0 Å². The minimum absolute atomic E-state index is 0.572. The molecule has 1 N–H and O–H groups in total. The number of nitrogens with one attached hydrogen (secondary N) is 1. The molecule has 0 atom stereocenters. The van der Waals surface area contributed by atoms with Gasteiger partial charge in [0, 0.05) is 5.69 Å². The second-order valence-electron chi connectivity index (χ2n) is 5.04. The zero-order valence-corrected chi connectivity index (χ0v) is 13.6. The monoisotopic (exact) mass is 361 g/mol. The van der Waals surface area contributed by atoms with Crippen molar-refractivity contribution in [2.24, 2.45) is 0 Å². The molecule has 0 unspecified atom stereocenters. The maximum Gasteiger partial charge on any atom is 0.148 e. The van der Waals surface area contributed by atoms with Crippen LogP contribution in [0.3, 0.4) is 0 Å². The first kappa shape index (κ1) is 14.4. The van der Waals surface area contributed by atoms with Crippen molar-refractivity contribution in [2.45, 2.75) is 25.7 Å². The normalized spacial score (nSPS) is 13.4. The third kappa shape index (κ3) is 2.90. The standard InChI is InChI=1S/C16H13BrClN3/c17-15-12(18)5-3-7-14(15)21-16-11(9-19)8-10-4-1-2-6-13(10)20-16/h3,5,7-8H,1-2,4,6H2,(H,20,21). The summed E-state index contributed by atoms with van der Waals surface area (Å²) in [4.78, 5) is 4.65. The number of aryl methyl sites for hydroxylation is 2. The van der Waals surface area contributed by atoms with Crippen LogP contribution in [0.4, 0.5) is 11.5 Å². The van der Waals surface area contributed by atoms with Gasteiger partial charge >= 0.3 is 0 Å². The summed E-state index contributed by atoms with van der Waals surface area (Å²) in [6.45, 7) is 0. The van der Waals surface area contributed by atoms with Gasteiger partial charge in [0.1, 0.15) is 11.9 Å². The lowest BCUT2D eigenvalue weighted by Gasteiger charge is -2.18. The Morgan fingerprint density at radius 2 is 2.10 bits per heavy atom. The zero-order chi connectivity index (χ0) is 14.8. The maximum atomic E-state index is 9.35. The predicted octanol–water partition coefficient (Wildman–Crippen LogP) is 4.99. The molecule has 2 aromatic rings. The predicted molar refractivity (Wildman–Crippen MR) is 88.0 cm³/mol. The van der Waals surface area contributed by atoms with Crippen LogP contribution in [0.15, 0.2) is 28.7 Å². The van der Waals surface area contributed by atoms with Crippen LogP contribution < -0.4 is 5.32 Å². The lowest BCUT2D eigenvalue weighted by atomic mass is 9.95. The molecule has 0 aliphatic heterocycles. The summed E-state index contributed by atoms with van der Waals surface area (Å²) in [5.41, 5.74) is 3.68. The van der Waals surface area contributed by atoms with E-state index in [1.54, 1.807) is 0 Å². The van der Waals surface area contributed by atoms with Gasteiger partial charge in [-0.1, -0.05) is 17.7 Å². The molecule has 0 fully saturated rings. The molecule has 3 nitrogen and oxygen atoms in total. The number of hydrogen-bond acceptors (Lipinski definition) is 3. The van der Waals surface area contributed by atoms with Crippen LogP contribution in [0.1, 0.15) is 29.7 Å². The number of rotatable bonds is 2. The Morgan fingerprint density at radius 1 is 1.29 bits per heavy atom. The largest absolute Gasteiger partial charge is 0.338 e. The summed E-state index contributed by atoms with van der Waals surface area (Å²) < 4.78 is 0.773. The van der Waals surface area contributed by atoms with E-state index in [2.05, 4.69) is 32.3 Å². The van der Waals surface area contributed by atoms with Crippen LogP contribution in [0.5, 0.6) is 0 Å². The highest BCUT2D eigenvalue weighted by Gasteiger charge is 2.16. The van der Waals surface area contributed by atoms with Gasteiger partial charge in [0.25, 0.3) is 0 Å². The fourth-order valence-electron chi connectivity index (χ4n) is 2.54. The highest BCUT2D eigenvalue weighted by molar-refractivity contribution is 9.10. The Hall–Kier alpha value is -1.57. The fourth-order valence-corrected chi connectivity index (χ4v) is 3.08. The van der Waals surface area contributed by atoms with Crippen LogP contribution in [-0.4, -0.2) is 4.98 Å². The number of nitrogens with zero attached hydrogens (tertiary/aromatic N) is 2. The van der Waals surface area contributed by atoms with Gasteiger partial charge in [0.05, 0.1) is 20.7 Å². The van der Waals surface area contributed by atoms with Crippen LogP contribution in [0.25, 0.3) is 0 Å². The van der Waals surface area contributed by atoms with Crippen molar-refractivity contribution in [2.75, 3.05) is 5.32 Å². The average molecular weight is 363 g/mol. The summed E-state index contributed by atoms with van der Waals surface area (Å²) in [7, 11) is 0. The number of anilines is 2. The molecule has 1 heterocycles. The van der Waals surface area contributed by atoms with Gasteiger partial charge in [-0.05, 0) is 65.4 Å². The van der Waals surface area contributed by atoms with E-state index in [9.17, 15) is 5.26 Å². The molecule has 5 heteroatoms. The van der Waals surface area contributed by atoms with Crippen molar-refractivity contribution >= 4 is 39.0 Å². The van der Waals surface area contributed by atoms with Gasteiger partial charge in [-0.3, -0.25) is 0 Å². The number of fused-ring (bicyclic) bond motifs is 1. The van der Waals surface area contributed by atoms with E-state index in [0.29, 0.717) is 16.4 Å². The second-order valence-corrected chi connectivity index (χ2v) is 6.24. The smallest absolute Gasteiger partial charge is 0.148 e. The molecular weight excluding hydrogens is 350 g/mol. The number of nitriles is 1. The number of aromatic nitrogens is 1. The van der Waals surface area contributed by atoms with E-state index in [1.165, 1.54) is 12.0 Å². The highest BCUT2D eigenvalue weighted by atomic mass is 79.9. The van der Waals surface area contributed by atoms with E-state index in [4.69, 9.17) is 11.6 Å². The minimum atomic E-state index is 0.572. The molecular formula is C16H13BrClN3. The second kappa shape index (κ2) is 6.05. The molecule has 0 saturated carbocycles. The summed E-state index contributed by atoms with van der Waals surface area (Å²) in [6.07, 6.45) is 4.32. The van der Waals surface area contributed by atoms with Gasteiger partial charge < -0.3 is 5.32 Å². The fraction of sp³-hybridized carbons (Fsp3) is 0.250. The molecule has 21 heavy (non-hydrogen) atoms. The summed E-state index contributed by atoms with van der Waals surface area (Å²) >= 11 is 9.55. The SMILES string of the molecule is N#Cc1cc2c(nc1Nc1cccc(Cl)c1Br)CCCC2. The first-order valence-corrected chi connectivity index (χ1v) is 8.00. The Bertz CT molecular complexity index is 737. The molecule has 0 radical (unpaired) electrons. The number of pyridine rings is 1. The Balaban J connectivity index is 2.02. The van der Waals surface area contributed by atoms with E-state index in [0.717, 1.165) is 35.1 Å². The van der Waals surface area contributed by atoms with Crippen molar-refractivity contribution in [1.82, 2.24) is 4.98 Å². The summed E-state index contributed by atoms with van der Waals surface area (Å²) in [5.74, 6) is 0.598. The molecule has 1 aliphatic carbocycles. The van der Waals surface area contributed by atoms with Crippen molar-refractivity contribution < 1.29 is 0 Å². The molecule has 1 aliphatic rings. The molecule has 0 amide bonds. The lowest BCUT2D eigenvalue weighted by molar-refractivity contribution is 0.668. The highest BCUT2D eigenvalue weighted by Crippen LogP contribution is 2.33. The van der Waals surface area contributed by atoms with Crippen LogP contribution in [-0.2, 0) is 12.8 Å².